The number of primary amides is 1. The Bertz CT molecular complexity index is 228. The van der Waals surface area contributed by atoms with Crippen molar-refractivity contribution in [2.45, 2.75) is 40.0 Å². The van der Waals surface area contributed by atoms with E-state index in [9.17, 15) is 4.79 Å². The van der Waals surface area contributed by atoms with Gasteiger partial charge in [-0.2, -0.15) is 0 Å². The number of piperidine rings is 1. The lowest BCUT2D eigenvalue weighted by atomic mass is 9.88. The number of nitrogens with two attached hydrogens (primary N) is 1. The van der Waals surface area contributed by atoms with Crippen LogP contribution >= 0.6 is 0 Å². The molecule has 2 unspecified atom stereocenters. The van der Waals surface area contributed by atoms with Crippen molar-refractivity contribution in [2.75, 3.05) is 19.6 Å². The molecule has 94 valence electrons. The van der Waals surface area contributed by atoms with Crippen LogP contribution in [0.5, 0.6) is 0 Å². The summed E-state index contributed by atoms with van der Waals surface area (Å²) in [5.74, 6) is 1.27. The number of hydrogen-bond acceptors (Lipinski definition) is 2. The van der Waals surface area contributed by atoms with Crippen molar-refractivity contribution in [3.63, 3.8) is 0 Å². The Balaban J connectivity index is 2.35. The van der Waals surface area contributed by atoms with Gasteiger partial charge in [-0.1, -0.05) is 20.8 Å². The summed E-state index contributed by atoms with van der Waals surface area (Å²) in [7, 11) is 0. The maximum atomic E-state index is 11.0. The van der Waals surface area contributed by atoms with Gasteiger partial charge in [0.2, 0.25) is 5.91 Å². The highest BCUT2D eigenvalue weighted by atomic mass is 16.1. The summed E-state index contributed by atoms with van der Waals surface area (Å²) in [6, 6.07) is 0. The molecule has 0 aromatic rings. The predicted octanol–water partition coefficient (Wildman–Crippen LogP) is 1.87. The zero-order valence-electron chi connectivity index (χ0n) is 10.9. The van der Waals surface area contributed by atoms with E-state index in [2.05, 4.69) is 18.7 Å². The van der Waals surface area contributed by atoms with Crippen molar-refractivity contribution in [1.82, 2.24) is 4.90 Å². The van der Waals surface area contributed by atoms with Gasteiger partial charge in [-0.05, 0) is 37.6 Å². The fourth-order valence-corrected chi connectivity index (χ4v) is 2.64. The average molecular weight is 226 g/mol. The van der Waals surface area contributed by atoms with Crippen molar-refractivity contribution < 1.29 is 4.79 Å². The molecule has 1 fully saturated rings. The molecule has 2 N–H and O–H groups in total. The summed E-state index contributed by atoms with van der Waals surface area (Å²) in [5.41, 5.74) is 5.32. The molecule has 1 aliphatic heterocycles. The van der Waals surface area contributed by atoms with Crippen LogP contribution in [0.3, 0.4) is 0 Å². The van der Waals surface area contributed by atoms with E-state index in [0.717, 1.165) is 18.9 Å². The first-order chi connectivity index (χ1) is 7.49. The standard InChI is InChI=1S/C13H26N2O/c1-10(2)8-15-6-4-5-12(9-15)7-11(3)13(14)16/h10-12H,4-9H2,1-3H3,(H2,14,16). The van der Waals surface area contributed by atoms with E-state index >= 15 is 0 Å². The minimum atomic E-state index is -0.152. The molecule has 3 heteroatoms. The predicted molar refractivity (Wildman–Crippen MR) is 67.0 cm³/mol. The number of rotatable bonds is 5. The summed E-state index contributed by atoms with van der Waals surface area (Å²) in [6.07, 6.45) is 3.49. The number of hydrogen-bond donors (Lipinski definition) is 1. The van der Waals surface area contributed by atoms with Gasteiger partial charge < -0.3 is 10.6 Å². The zero-order chi connectivity index (χ0) is 12.1. The smallest absolute Gasteiger partial charge is 0.220 e. The average Bonchev–Trinajstić information content (AvgIpc) is 2.16. The summed E-state index contributed by atoms with van der Waals surface area (Å²) >= 11 is 0. The zero-order valence-corrected chi connectivity index (χ0v) is 10.9. The maximum absolute atomic E-state index is 11.0. The normalized spacial score (nSPS) is 24.6. The van der Waals surface area contributed by atoms with Gasteiger partial charge in [-0.25, -0.2) is 0 Å². The molecule has 0 spiro atoms. The highest BCUT2D eigenvalue weighted by Gasteiger charge is 2.23. The van der Waals surface area contributed by atoms with E-state index in [1.165, 1.54) is 25.9 Å². The van der Waals surface area contributed by atoms with E-state index < -0.39 is 0 Å². The molecule has 1 amide bonds. The Morgan fingerprint density at radius 2 is 2.12 bits per heavy atom. The van der Waals surface area contributed by atoms with Crippen LogP contribution in [0.2, 0.25) is 0 Å². The van der Waals surface area contributed by atoms with Gasteiger partial charge in [0.1, 0.15) is 0 Å². The van der Waals surface area contributed by atoms with Gasteiger partial charge in [0, 0.05) is 19.0 Å². The number of amides is 1. The van der Waals surface area contributed by atoms with Crippen LogP contribution < -0.4 is 5.73 Å². The van der Waals surface area contributed by atoms with Gasteiger partial charge in [0.25, 0.3) is 0 Å². The Labute approximate surface area is 99.4 Å². The number of carbonyl (C=O) groups is 1. The molecule has 0 aromatic heterocycles. The van der Waals surface area contributed by atoms with Gasteiger partial charge in [-0.3, -0.25) is 4.79 Å². The number of nitrogens with zero attached hydrogens (tertiary/aromatic N) is 1. The first-order valence-electron chi connectivity index (χ1n) is 6.50. The van der Waals surface area contributed by atoms with Gasteiger partial charge in [-0.15, -0.1) is 0 Å². The minimum absolute atomic E-state index is 0.0315. The molecule has 2 atom stereocenters. The van der Waals surface area contributed by atoms with Crippen molar-refractivity contribution in [1.29, 1.82) is 0 Å². The van der Waals surface area contributed by atoms with Crippen LogP contribution in [-0.4, -0.2) is 30.4 Å². The SMILES string of the molecule is CC(C)CN1CCCC(CC(C)C(N)=O)C1. The lowest BCUT2D eigenvalue weighted by molar-refractivity contribution is -0.121. The molecular weight excluding hydrogens is 200 g/mol. The fourth-order valence-electron chi connectivity index (χ4n) is 2.64. The molecule has 1 saturated heterocycles. The molecule has 0 bridgehead atoms. The Kier molecular flexibility index (Phi) is 5.26. The van der Waals surface area contributed by atoms with Crippen LogP contribution in [0.25, 0.3) is 0 Å². The van der Waals surface area contributed by atoms with Gasteiger partial charge >= 0.3 is 0 Å². The van der Waals surface area contributed by atoms with Gasteiger partial charge in [0.05, 0.1) is 0 Å². The summed E-state index contributed by atoms with van der Waals surface area (Å²) in [4.78, 5) is 13.6. The van der Waals surface area contributed by atoms with Crippen LogP contribution in [0.4, 0.5) is 0 Å². The second kappa shape index (κ2) is 6.24. The molecular formula is C13H26N2O. The molecule has 1 heterocycles. The third kappa shape index (κ3) is 4.52. The van der Waals surface area contributed by atoms with E-state index in [0.29, 0.717) is 5.92 Å². The monoisotopic (exact) mass is 226 g/mol. The van der Waals surface area contributed by atoms with E-state index in [1.807, 2.05) is 6.92 Å². The lowest BCUT2D eigenvalue weighted by Gasteiger charge is -2.34. The molecule has 1 rings (SSSR count). The van der Waals surface area contributed by atoms with Crippen LogP contribution in [0, 0.1) is 17.8 Å². The third-order valence-corrected chi connectivity index (χ3v) is 3.40. The molecule has 0 saturated carbocycles. The summed E-state index contributed by atoms with van der Waals surface area (Å²) in [6.45, 7) is 10.0. The molecule has 0 aliphatic carbocycles. The fraction of sp³-hybridized carbons (Fsp3) is 0.923. The second-order valence-electron chi connectivity index (χ2n) is 5.70. The van der Waals surface area contributed by atoms with Crippen LogP contribution in [-0.2, 0) is 4.79 Å². The van der Waals surface area contributed by atoms with E-state index in [-0.39, 0.29) is 11.8 Å². The van der Waals surface area contributed by atoms with Crippen molar-refractivity contribution in [3.8, 4) is 0 Å². The molecule has 1 aliphatic rings. The lowest BCUT2D eigenvalue weighted by Crippen LogP contribution is -2.39. The first-order valence-corrected chi connectivity index (χ1v) is 6.50. The molecule has 3 nitrogen and oxygen atoms in total. The van der Waals surface area contributed by atoms with Crippen LogP contribution in [0.1, 0.15) is 40.0 Å². The second-order valence-corrected chi connectivity index (χ2v) is 5.70. The molecule has 16 heavy (non-hydrogen) atoms. The van der Waals surface area contributed by atoms with Crippen molar-refractivity contribution in [2.24, 2.45) is 23.5 Å². The summed E-state index contributed by atoms with van der Waals surface area (Å²) in [5, 5.41) is 0. The van der Waals surface area contributed by atoms with Crippen molar-refractivity contribution in [3.05, 3.63) is 0 Å². The largest absolute Gasteiger partial charge is 0.369 e. The van der Waals surface area contributed by atoms with Gasteiger partial charge in [0.15, 0.2) is 0 Å². The summed E-state index contributed by atoms with van der Waals surface area (Å²) < 4.78 is 0. The Morgan fingerprint density at radius 3 is 2.69 bits per heavy atom. The van der Waals surface area contributed by atoms with E-state index in [4.69, 9.17) is 5.73 Å². The molecule has 0 aromatic carbocycles. The maximum Gasteiger partial charge on any atom is 0.220 e. The highest BCUT2D eigenvalue weighted by Crippen LogP contribution is 2.23. The number of likely N-dealkylation sites (tertiary alicyclic amines) is 1. The van der Waals surface area contributed by atoms with E-state index in [1.54, 1.807) is 0 Å². The quantitative estimate of drug-likeness (QED) is 0.778. The number of carbonyl (C=O) groups excluding carboxylic acids is 1. The highest BCUT2D eigenvalue weighted by molar-refractivity contribution is 5.76. The van der Waals surface area contributed by atoms with Crippen LogP contribution in [0.15, 0.2) is 0 Å². The molecule has 0 radical (unpaired) electrons. The third-order valence-electron chi connectivity index (χ3n) is 3.40. The first kappa shape index (κ1) is 13.5. The Morgan fingerprint density at radius 1 is 1.44 bits per heavy atom. The minimum Gasteiger partial charge on any atom is -0.369 e. The topological polar surface area (TPSA) is 46.3 Å². The van der Waals surface area contributed by atoms with Crippen molar-refractivity contribution >= 4 is 5.91 Å². The Hall–Kier alpha value is -0.570.